The molecule has 0 saturated heterocycles. The number of ketones is 1. The van der Waals surface area contributed by atoms with E-state index in [1.54, 1.807) is 24.3 Å². The van der Waals surface area contributed by atoms with Crippen LogP contribution in [-0.4, -0.2) is 16.0 Å². The van der Waals surface area contributed by atoms with Crippen LogP contribution < -0.4 is 0 Å². The van der Waals surface area contributed by atoms with E-state index >= 15 is 0 Å². The van der Waals surface area contributed by atoms with Crippen molar-refractivity contribution in [3.8, 4) is 11.5 Å². The Kier molecular flexibility index (Phi) is 7.44. The molecule has 1 aliphatic carbocycles. The number of benzene rings is 4. The monoisotopic (exact) mass is 450 g/mol. The van der Waals surface area contributed by atoms with E-state index in [1.807, 2.05) is 84.9 Å². The van der Waals surface area contributed by atoms with E-state index in [1.165, 1.54) is 30.4 Å². The third-order valence-corrected chi connectivity index (χ3v) is 6.62. The zero-order chi connectivity index (χ0) is 23.8. The Morgan fingerprint density at radius 3 is 1.29 bits per heavy atom. The minimum Gasteiger partial charge on any atom is -0.508 e. The largest absolute Gasteiger partial charge is 0.508 e. The van der Waals surface area contributed by atoms with Crippen LogP contribution in [0.5, 0.6) is 11.5 Å². The summed E-state index contributed by atoms with van der Waals surface area (Å²) < 4.78 is 0. The molecule has 1 saturated carbocycles. The average Bonchev–Trinajstić information content (AvgIpc) is 2.91. The van der Waals surface area contributed by atoms with Gasteiger partial charge in [0, 0.05) is 16.5 Å². The lowest BCUT2D eigenvalue weighted by Gasteiger charge is -2.38. The summed E-state index contributed by atoms with van der Waals surface area (Å²) in [5, 5.41) is 19.0. The Bertz CT molecular complexity index is 1090. The zero-order valence-corrected chi connectivity index (χ0v) is 19.2. The second kappa shape index (κ2) is 10.8. The predicted molar refractivity (Wildman–Crippen MR) is 136 cm³/mol. The van der Waals surface area contributed by atoms with Gasteiger partial charge in [-0.15, -0.1) is 0 Å². The molecule has 4 aromatic carbocycles. The van der Waals surface area contributed by atoms with Crippen molar-refractivity contribution in [2.45, 2.75) is 37.5 Å². The van der Waals surface area contributed by atoms with Crippen molar-refractivity contribution >= 4 is 5.78 Å². The molecule has 34 heavy (non-hydrogen) atoms. The maximum Gasteiger partial charge on any atom is 0.193 e. The van der Waals surface area contributed by atoms with E-state index in [9.17, 15) is 15.0 Å². The van der Waals surface area contributed by atoms with Gasteiger partial charge in [-0.1, -0.05) is 104 Å². The van der Waals surface area contributed by atoms with Gasteiger partial charge in [0.25, 0.3) is 0 Å². The van der Waals surface area contributed by atoms with Crippen LogP contribution in [0.25, 0.3) is 0 Å². The number of rotatable bonds is 4. The summed E-state index contributed by atoms with van der Waals surface area (Å²) in [5.41, 5.74) is 4.03. The summed E-state index contributed by atoms with van der Waals surface area (Å²) >= 11 is 0. The van der Waals surface area contributed by atoms with Crippen molar-refractivity contribution in [3.63, 3.8) is 0 Å². The predicted octanol–water partition coefficient (Wildman–Crippen LogP) is 7.27. The summed E-state index contributed by atoms with van der Waals surface area (Å²) in [7, 11) is 0. The number of hydrogen-bond acceptors (Lipinski definition) is 3. The number of hydrogen-bond donors (Lipinski definition) is 2. The van der Waals surface area contributed by atoms with Gasteiger partial charge in [0.05, 0.1) is 0 Å². The minimum absolute atomic E-state index is 0.0274. The fourth-order valence-corrected chi connectivity index (χ4v) is 4.81. The fourth-order valence-electron chi connectivity index (χ4n) is 4.81. The van der Waals surface area contributed by atoms with Gasteiger partial charge in [-0.25, -0.2) is 0 Å². The molecule has 0 heterocycles. The van der Waals surface area contributed by atoms with Gasteiger partial charge in [-0.2, -0.15) is 0 Å². The molecule has 5 rings (SSSR count). The molecule has 3 nitrogen and oxygen atoms in total. The molecule has 0 atom stereocenters. The first-order valence-electron chi connectivity index (χ1n) is 11.8. The quantitative estimate of drug-likeness (QED) is 0.322. The molecule has 0 unspecified atom stereocenters. The highest BCUT2D eigenvalue weighted by Gasteiger charge is 2.35. The van der Waals surface area contributed by atoms with Crippen molar-refractivity contribution in [1.29, 1.82) is 0 Å². The molecule has 1 fully saturated rings. The molecule has 172 valence electrons. The standard InChI is InChI=1S/C18H20O2.C13H10O/c19-16-8-4-14(5-9-16)18(12-2-1-3-13-18)15-6-10-17(20)11-7-15;14-13(11-7-3-1-4-8-11)12-9-5-2-6-10-12/h4-11,19-20H,1-3,12-13H2;1-10H. The van der Waals surface area contributed by atoms with Crippen molar-refractivity contribution in [1.82, 2.24) is 0 Å². The molecule has 0 spiro atoms. The Morgan fingerprint density at radius 2 is 0.912 bits per heavy atom. The van der Waals surface area contributed by atoms with Gasteiger partial charge < -0.3 is 10.2 Å². The molecule has 0 aromatic heterocycles. The van der Waals surface area contributed by atoms with Crippen LogP contribution >= 0.6 is 0 Å². The summed E-state index contributed by atoms with van der Waals surface area (Å²) in [6.07, 6.45) is 5.99. The van der Waals surface area contributed by atoms with Crippen LogP contribution in [0.1, 0.15) is 59.2 Å². The van der Waals surface area contributed by atoms with Crippen molar-refractivity contribution < 1.29 is 15.0 Å². The number of phenols is 2. The first kappa shape index (κ1) is 23.3. The van der Waals surface area contributed by atoms with Crippen molar-refractivity contribution in [3.05, 3.63) is 131 Å². The second-order valence-corrected chi connectivity index (χ2v) is 8.80. The molecule has 0 radical (unpaired) electrons. The van der Waals surface area contributed by atoms with Crippen molar-refractivity contribution in [2.75, 3.05) is 0 Å². The topological polar surface area (TPSA) is 57.5 Å². The molecule has 0 bridgehead atoms. The van der Waals surface area contributed by atoms with Crippen LogP contribution in [0.15, 0.2) is 109 Å². The number of carbonyl (C=O) groups is 1. The highest BCUT2D eigenvalue weighted by Crippen LogP contribution is 2.45. The summed E-state index contributed by atoms with van der Waals surface area (Å²) in [5.74, 6) is 0.696. The molecule has 1 aliphatic rings. The number of phenolic OH excluding ortho intramolecular Hbond substituents is 2. The van der Waals surface area contributed by atoms with Gasteiger partial charge >= 0.3 is 0 Å². The van der Waals surface area contributed by atoms with Gasteiger partial charge in [0.2, 0.25) is 0 Å². The molecular formula is C31H30O3. The smallest absolute Gasteiger partial charge is 0.193 e. The lowest BCUT2D eigenvalue weighted by Crippen LogP contribution is -2.30. The third kappa shape index (κ3) is 5.37. The van der Waals surface area contributed by atoms with E-state index in [0.29, 0.717) is 11.5 Å². The van der Waals surface area contributed by atoms with Gasteiger partial charge in [-0.05, 0) is 48.2 Å². The number of aromatic hydroxyl groups is 2. The molecule has 2 N–H and O–H groups in total. The fraction of sp³-hybridized carbons (Fsp3) is 0.194. The number of carbonyl (C=O) groups excluding carboxylic acids is 1. The normalized spacial score (nSPS) is 14.5. The van der Waals surface area contributed by atoms with Crippen LogP contribution in [0.3, 0.4) is 0 Å². The lowest BCUT2D eigenvalue weighted by molar-refractivity contribution is 0.103. The van der Waals surface area contributed by atoms with E-state index in [4.69, 9.17) is 0 Å². The SMILES string of the molecule is O=C(c1ccccc1)c1ccccc1.Oc1ccc(C2(c3ccc(O)cc3)CCCCC2)cc1. The maximum absolute atomic E-state index is 11.8. The molecular weight excluding hydrogens is 420 g/mol. The first-order valence-corrected chi connectivity index (χ1v) is 11.8. The summed E-state index contributed by atoms with van der Waals surface area (Å²) in [4.78, 5) is 11.8. The molecule has 0 aliphatic heterocycles. The van der Waals surface area contributed by atoms with Crippen molar-refractivity contribution in [2.24, 2.45) is 0 Å². The summed E-state index contributed by atoms with van der Waals surface area (Å²) in [6.45, 7) is 0. The molecule has 4 aromatic rings. The van der Waals surface area contributed by atoms with Gasteiger partial charge in [0.15, 0.2) is 5.78 Å². The van der Waals surface area contributed by atoms with E-state index < -0.39 is 0 Å². The highest BCUT2D eigenvalue weighted by atomic mass is 16.3. The Morgan fingerprint density at radius 1 is 0.529 bits per heavy atom. The Balaban J connectivity index is 0.000000172. The van der Waals surface area contributed by atoms with Crippen LogP contribution in [0.2, 0.25) is 0 Å². The summed E-state index contributed by atoms with van der Waals surface area (Å²) in [6, 6.07) is 33.8. The lowest BCUT2D eigenvalue weighted by atomic mass is 9.65. The first-order chi connectivity index (χ1) is 16.6. The Labute approximate surface area is 201 Å². The Hall–Kier alpha value is -3.85. The van der Waals surface area contributed by atoms with Crippen LogP contribution in [-0.2, 0) is 5.41 Å². The third-order valence-electron chi connectivity index (χ3n) is 6.62. The molecule has 0 amide bonds. The zero-order valence-electron chi connectivity index (χ0n) is 19.2. The van der Waals surface area contributed by atoms with Gasteiger partial charge in [-0.3, -0.25) is 4.79 Å². The van der Waals surface area contributed by atoms with E-state index in [0.717, 1.165) is 24.0 Å². The van der Waals surface area contributed by atoms with Crippen LogP contribution in [0, 0.1) is 0 Å². The second-order valence-electron chi connectivity index (χ2n) is 8.80. The highest BCUT2D eigenvalue weighted by molar-refractivity contribution is 6.08. The van der Waals surface area contributed by atoms with E-state index in [2.05, 4.69) is 0 Å². The maximum atomic E-state index is 11.8. The van der Waals surface area contributed by atoms with E-state index in [-0.39, 0.29) is 11.2 Å². The minimum atomic E-state index is 0.0274. The molecule has 3 heteroatoms. The van der Waals surface area contributed by atoms with Crippen LogP contribution in [0.4, 0.5) is 0 Å². The van der Waals surface area contributed by atoms with Gasteiger partial charge in [0.1, 0.15) is 11.5 Å². The average molecular weight is 451 g/mol.